The Labute approximate surface area is 116 Å². The van der Waals surface area contributed by atoms with Crippen LogP contribution in [0.3, 0.4) is 0 Å². The van der Waals surface area contributed by atoms with Crippen LogP contribution in [-0.4, -0.2) is 30.6 Å². The number of carbonyl (C=O) groups is 1. The summed E-state index contributed by atoms with van der Waals surface area (Å²) in [5.74, 6) is 0.331. The van der Waals surface area contributed by atoms with E-state index in [1.807, 2.05) is 29.2 Å². The van der Waals surface area contributed by atoms with E-state index < -0.39 is 0 Å². The molecule has 0 bridgehead atoms. The van der Waals surface area contributed by atoms with Crippen LogP contribution in [-0.2, 0) is 0 Å². The lowest BCUT2D eigenvalue weighted by atomic mass is 10.1. The van der Waals surface area contributed by atoms with Crippen molar-refractivity contribution in [2.24, 2.45) is 11.7 Å². The molecular formula is C13H18BrN3O. The van der Waals surface area contributed by atoms with Crippen molar-refractivity contribution in [2.75, 3.05) is 19.6 Å². The Bertz CT molecular complexity index is 438. The van der Waals surface area contributed by atoms with Gasteiger partial charge in [-0.1, -0.05) is 35.0 Å². The predicted octanol–water partition coefficient (Wildman–Crippen LogP) is 2.11. The van der Waals surface area contributed by atoms with Crippen molar-refractivity contribution in [3.8, 4) is 0 Å². The Morgan fingerprint density at radius 3 is 3.06 bits per heavy atom. The first-order chi connectivity index (χ1) is 8.60. The lowest BCUT2D eigenvalue weighted by Crippen LogP contribution is -2.34. The number of amides is 2. The van der Waals surface area contributed by atoms with Gasteiger partial charge in [0.25, 0.3) is 0 Å². The quantitative estimate of drug-likeness (QED) is 0.894. The van der Waals surface area contributed by atoms with E-state index in [0.29, 0.717) is 25.6 Å². The summed E-state index contributed by atoms with van der Waals surface area (Å²) < 4.78 is 1.03. The number of carbonyl (C=O) groups excluding carboxylic acids is 1. The highest BCUT2D eigenvalue weighted by Crippen LogP contribution is 2.23. The first-order valence-corrected chi connectivity index (χ1v) is 6.90. The van der Waals surface area contributed by atoms with E-state index in [4.69, 9.17) is 5.73 Å². The van der Waals surface area contributed by atoms with E-state index in [-0.39, 0.29) is 12.1 Å². The normalized spacial score (nSPS) is 20.9. The summed E-state index contributed by atoms with van der Waals surface area (Å²) in [6, 6.07) is 8.11. The molecular weight excluding hydrogens is 294 g/mol. The van der Waals surface area contributed by atoms with Crippen LogP contribution in [0.2, 0.25) is 0 Å². The van der Waals surface area contributed by atoms with Crippen LogP contribution < -0.4 is 11.1 Å². The van der Waals surface area contributed by atoms with Crippen LogP contribution in [0.15, 0.2) is 28.7 Å². The van der Waals surface area contributed by atoms with Crippen LogP contribution in [0, 0.1) is 5.92 Å². The van der Waals surface area contributed by atoms with Crippen LogP contribution >= 0.6 is 15.9 Å². The van der Waals surface area contributed by atoms with Crippen molar-refractivity contribution in [3.63, 3.8) is 0 Å². The standard InChI is InChI=1S/C13H18BrN3O/c1-9(6-15)7-17-8-12(16-13(17)18)10-3-2-4-11(14)5-10/h2-5,9,12H,6-8,15H2,1H3,(H,16,18). The van der Waals surface area contributed by atoms with Crippen LogP contribution in [0.25, 0.3) is 0 Å². The molecule has 0 aliphatic carbocycles. The van der Waals surface area contributed by atoms with Crippen LogP contribution in [0.4, 0.5) is 4.79 Å². The highest BCUT2D eigenvalue weighted by molar-refractivity contribution is 9.10. The van der Waals surface area contributed by atoms with E-state index in [1.165, 1.54) is 0 Å². The van der Waals surface area contributed by atoms with Crippen molar-refractivity contribution >= 4 is 22.0 Å². The lowest BCUT2D eigenvalue weighted by molar-refractivity contribution is 0.211. The molecule has 18 heavy (non-hydrogen) atoms. The molecule has 1 saturated heterocycles. The summed E-state index contributed by atoms with van der Waals surface area (Å²) in [7, 11) is 0. The fourth-order valence-corrected chi connectivity index (χ4v) is 2.53. The Balaban J connectivity index is 2.04. The third kappa shape index (κ3) is 3.03. The van der Waals surface area contributed by atoms with Gasteiger partial charge < -0.3 is 16.0 Å². The van der Waals surface area contributed by atoms with Crippen LogP contribution in [0.5, 0.6) is 0 Å². The van der Waals surface area contributed by atoms with E-state index >= 15 is 0 Å². The predicted molar refractivity (Wildman–Crippen MR) is 75.2 cm³/mol. The molecule has 0 radical (unpaired) electrons. The van der Waals surface area contributed by atoms with Crippen molar-refractivity contribution < 1.29 is 4.79 Å². The van der Waals surface area contributed by atoms with E-state index in [1.54, 1.807) is 0 Å². The maximum Gasteiger partial charge on any atom is 0.318 e. The van der Waals surface area contributed by atoms with Crippen molar-refractivity contribution in [1.82, 2.24) is 10.2 Å². The third-order valence-corrected chi connectivity index (χ3v) is 3.67. The zero-order chi connectivity index (χ0) is 13.1. The Hall–Kier alpha value is -1.07. The van der Waals surface area contributed by atoms with E-state index in [9.17, 15) is 4.79 Å². The van der Waals surface area contributed by atoms with E-state index in [2.05, 4.69) is 28.2 Å². The second kappa shape index (κ2) is 5.71. The monoisotopic (exact) mass is 311 g/mol. The second-order valence-corrected chi connectivity index (χ2v) is 5.72. The minimum Gasteiger partial charge on any atom is -0.330 e. The number of hydrogen-bond donors (Lipinski definition) is 2. The van der Waals surface area contributed by atoms with Crippen molar-refractivity contribution in [2.45, 2.75) is 13.0 Å². The molecule has 1 fully saturated rings. The van der Waals surface area contributed by atoms with Gasteiger partial charge in [-0.15, -0.1) is 0 Å². The number of nitrogens with two attached hydrogens (primary N) is 1. The maximum absolute atomic E-state index is 11.9. The molecule has 4 nitrogen and oxygen atoms in total. The van der Waals surface area contributed by atoms with Gasteiger partial charge in [0, 0.05) is 17.6 Å². The number of nitrogens with zero attached hydrogens (tertiary/aromatic N) is 1. The summed E-state index contributed by atoms with van der Waals surface area (Å²) in [5.41, 5.74) is 6.72. The zero-order valence-corrected chi connectivity index (χ0v) is 12.0. The summed E-state index contributed by atoms with van der Waals surface area (Å²) in [4.78, 5) is 13.7. The summed E-state index contributed by atoms with van der Waals surface area (Å²) in [5, 5.41) is 3.00. The van der Waals surface area contributed by atoms with E-state index in [0.717, 1.165) is 10.0 Å². The molecule has 0 saturated carbocycles. The minimum atomic E-state index is 0.000255. The molecule has 1 aliphatic rings. The SMILES string of the molecule is CC(CN)CN1CC(c2cccc(Br)c2)NC1=O. The highest BCUT2D eigenvalue weighted by atomic mass is 79.9. The maximum atomic E-state index is 11.9. The highest BCUT2D eigenvalue weighted by Gasteiger charge is 2.30. The van der Waals surface area contributed by atoms with Crippen molar-refractivity contribution in [3.05, 3.63) is 34.3 Å². The largest absolute Gasteiger partial charge is 0.330 e. The van der Waals surface area contributed by atoms with Gasteiger partial charge >= 0.3 is 6.03 Å². The molecule has 2 unspecified atom stereocenters. The first kappa shape index (κ1) is 13.4. The molecule has 3 N–H and O–H groups in total. The molecule has 1 aromatic rings. The van der Waals surface area contributed by atoms with Gasteiger partial charge in [0.15, 0.2) is 0 Å². The average molecular weight is 312 g/mol. The molecule has 2 amide bonds. The molecule has 1 heterocycles. The number of benzene rings is 1. The summed E-state index contributed by atoms with van der Waals surface area (Å²) in [6.45, 7) is 4.08. The van der Waals surface area contributed by atoms with Gasteiger partial charge in [-0.05, 0) is 30.2 Å². The van der Waals surface area contributed by atoms with Gasteiger partial charge in [0.1, 0.15) is 0 Å². The number of halogens is 1. The van der Waals surface area contributed by atoms with Gasteiger partial charge in [-0.2, -0.15) is 0 Å². The topological polar surface area (TPSA) is 58.4 Å². The molecule has 1 aliphatic heterocycles. The summed E-state index contributed by atoms with van der Waals surface area (Å²) in [6.07, 6.45) is 0. The van der Waals surface area contributed by atoms with Gasteiger partial charge in [0.2, 0.25) is 0 Å². The lowest BCUT2D eigenvalue weighted by Gasteiger charge is -2.18. The average Bonchev–Trinajstić information content (AvgIpc) is 2.71. The second-order valence-electron chi connectivity index (χ2n) is 4.80. The smallest absolute Gasteiger partial charge is 0.318 e. The Morgan fingerprint density at radius 2 is 2.39 bits per heavy atom. The fourth-order valence-electron chi connectivity index (χ4n) is 2.11. The zero-order valence-electron chi connectivity index (χ0n) is 10.4. The fraction of sp³-hybridized carbons (Fsp3) is 0.462. The Kier molecular flexibility index (Phi) is 4.24. The van der Waals surface area contributed by atoms with Gasteiger partial charge in [-0.3, -0.25) is 0 Å². The van der Waals surface area contributed by atoms with Gasteiger partial charge in [-0.25, -0.2) is 4.79 Å². The molecule has 5 heteroatoms. The third-order valence-electron chi connectivity index (χ3n) is 3.17. The first-order valence-electron chi connectivity index (χ1n) is 6.11. The Morgan fingerprint density at radius 1 is 1.61 bits per heavy atom. The number of rotatable bonds is 4. The minimum absolute atomic E-state index is 0.000255. The molecule has 98 valence electrons. The number of urea groups is 1. The number of hydrogen-bond acceptors (Lipinski definition) is 2. The molecule has 0 spiro atoms. The number of nitrogens with one attached hydrogen (secondary N) is 1. The summed E-state index contributed by atoms with van der Waals surface area (Å²) >= 11 is 3.45. The molecule has 2 atom stereocenters. The van der Waals surface area contributed by atoms with Crippen LogP contribution in [0.1, 0.15) is 18.5 Å². The molecule has 2 rings (SSSR count). The van der Waals surface area contributed by atoms with Crippen molar-refractivity contribution in [1.29, 1.82) is 0 Å². The molecule has 0 aromatic heterocycles. The molecule has 1 aromatic carbocycles. The van der Waals surface area contributed by atoms with Gasteiger partial charge in [0.05, 0.1) is 6.04 Å².